The molecular weight excluding hydrogens is 250 g/mol. The number of hydrogen-bond acceptors (Lipinski definition) is 3. The van der Waals surface area contributed by atoms with Crippen LogP contribution in [0.1, 0.15) is 21.5 Å². The average molecular weight is 262 g/mol. The van der Waals surface area contributed by atoms with Crippen molar-refractivity contribution in [1.82, 2.24) is 4.98 Å². The summed E-state index contributed by atoms with van der Waals surface area (Å²) in [7, 11) is 0. The molecule has 4 heteroatoms. The molecule has 0 aliphatic heterocycles. The van der Waals surface area contributed by atoms with Crippen molar-refractivity contribution in [2.24, 2.45) is 0 Å². The summed E-state index contributed by atoms with van der Waals surface area (Å²) in [5, 5.41) is 0.554. The Morgan fingerprint density at radius 1 is 1.39 bits per heavy atom. The summed E-state index contributed by atoms with van der Waals surface area (Å²) in [6.45, 7) is 2.21. The Balaban J connectivity index is 2.21. The number of aldehydes is 1. The van der Waals surface area contributed by atoms with Crippen LogP contribution in [0.4, 0.5) is 0 Å². The highest BCUT2D eigenvalue weighted by molar-refractivity contribution is 6.31. The largest absolute Gasteiger partial charge is 0.488 e. The molecule has 18 heavy (non-hydrogen) atoms. The number of pyridine rings is 1. The molecule has 0 aliphatic carbocycles. The lowest BCUT2D eigenvalue weighted by Crippen LogP contribution is -2.01. The summed E-state index contributed by atoms with van der Waals surface area (Å²) in [4.78, 5) is 14.8. The van der Waals surface area contributed by atoms with Gasteiger partial charge in [0.1, 0.15) is 12.4 Å². The quantitative estimate of drug-likeness (QED) is 0.792. The highest BCUT2D eigenvalue weighted by Crippen LogP contribution is 2.24. The van der Waals surface area contributed by atoms with E-state index in [1.807, 2.05) is 19.1 Å². The fourth-order valence-electron chi connectivity index (χ4n) is 1.64. The molecule has 0 N–H and O–H groups in total. The van der Waals surface area contributed by atoms with Crippen LogP contribution in [0.5, 0.6) is 5.75 Å². The van der Waals surface area contributed by atoms with E-state index in [1.165, 1.54) is 0 Å². The normalized spacial score (nSPS) is 10.1. The summed E-state index contributed by atoms with van der Waals surface area (Å²) in [5.41, 5.74) is 2.30. The fourth-order valence-corrected chi connectivity index (χ4v) is 1.81. The van der Waals surface area contributed by atoms with Crippen LogP contribution in [0.3, 0.4) is 0 Å². The number of rotatable bonds is 4. The first kappa shape index (κ1) is 12.6. The Labute approximate surface area is 110 Å². The number of para-hydroxylation sites is 1. The van der Waals surface area contributed by atoms with Crippen molar-refractivity contribution in [3.05, 3.63) is 58.4 Å². The van der Waals surface area contributed by atoms with Crippen LogP contribution in [0.25, 0.3) is 0 Å². The van der Waals surface area contributed by atoms with Crippen molar-refractivity contribution in [2.75, 3.05) is 0 Å². The van der Waals surface area contributed by atoms with E-state index in [4.69, 9.17) is 16.3 Å². The maximum Gasteiger partial charge on any atom is 0.153 e. The van der Waals surface area contributed by atoms with Gasteiger partial charge in [0, 0.05) is 18.0 Å². The summed E-state index contributed by atoms with van der Waals surface area (Å²) in [5.74, 6) is 0.598. The fraction of sp³-hybridized carbons (Fsp3) is 0.143. The third-order valence-corrected chi connectivity index (χ3v) is 2.94. The van der Waals surface area contributed by atoms with Crippen LogP contribution < -0.4 is 4.74 Å². The maximum absolute atomic E-state index is 10.9. The number of carbonyl (C=O) groups is 1. The molecule has 0 fully saturated rings. The van der Waals surface area contributed by atoms with Gasteiger partial charge in [-0.25, -0.2) is 0 Å². The van der Waals surface area contributed by atoms with E-state index in [-0.39, 0.29) is 0 Å². The minimum atomic E-state index is 0.313. The standard InChI is InChI=1S/C14H12ClNO2/c1-10-3-2-4-11(8-17)14(10)18-9-12-5-6-16-7-13(12)15/h2-8H,9H2,1H3. The second kappa shape index (κ2) is 5.65. The molecule has 0 bridgehead atoms. The maximum atomic E-state index is 10.9. The molecule has 0 radical (unpaired) electrons. The third kappa shape index (κ3) is 2.68. The van der Waals surface area contributed by atoms with E-state index >= 15 is 0 Å². The number of benzene rings is 1. The van der Waals surface area contributed by atoms with E-state index in [0.29, 0.717) is 22.9 Å². The van der Waals surface area contributed by atoms with Crippen molar-refractivity contribution in [3.8, 4) is 5.75 Å². The highest BCUT2D eigenvalue weighted by atomic mass is 35.5. The van der Waals surface area contributed by atoms with Gasteiger partial charge in [-0.3, -0.25) is 9.78 Å². The first-order valence-corrected chi connectivity index (χ1v) is 5.86. The number of aromatic nitrogens is 1. The lowest BCUT2D eigenvalue weighted by Gasteiger charge is -2.11. The van der Waals surface area contributed by atoms with Crippen LogP contribution in [-0.2, 0) is 6.61 Å². The van der Waals surface area contributed by atoms with Crippen LogP contribution in [0.2, 0.25) is 5.02 Å². The molecule has 0 atom stereocenters. The van der Waals surface area contributed by atoms with Gasteiger partial charge in [0.2, 0.25) is 0 Å². The molecule has 0 spiro atoms. The van der Waals surface area contributed by atoms with Gasteiger partial charge >= 0.3 is 0 Å². The van der Waals surface area contributed by atoms with Gasteiger partial charge in [0.25, 0.3) is 0 Å². The highest BCUT2D eigenvalue weighted by Gasteiger charge is 2.07. The number of carbonyl (C=O) groups excluding carboxylic acids is 1. The second-order valence-corrected chi connectivity index (χ2v) is 4.27. The summed E-state index contributed by atoms with van der Waals surface area (Å²) >= 11 is 5.99. The van der Waals surface area contributed by atoms with Crippen molar-refractivity contribution >= 4 is 17.9 Å². The molecule has 0 aliphatic rings. The molecule has 0 saturated heterocycles. The first-order chi connectivity index (χ1) is 8.72. The number of ether oxygens (including phenoxy) is 1. The van der Waals surface area contributed by atoms with Crippen molar-refractivity contribution in [2.45, 2.75) is 13.5 Å². The Hall–Kier alpha value is -1.87. The van der Waals surface area contributed by atoms with Crippen molar-refractivity contribution in [1.29, 1.82) is 0 Å². The molecule has 0 amide bonds. The second-order valence-electron chi connectivity index (χ2n) is 3.87. The third-order valence-electron chi connectivity index (χ3n) is 2.60. The summed E-state index contributed by atoms with van der Waals surface area (Å²) in [6, 6.07) is 7.24. The Morgan fingerprint density at radius 2 is 2.22 bits per heavy atom. The lowest BCUT2D eigenvalue weighted by molar-refractivity contribution is 0.111. The molecule has 0 saturated carbocycles. The van der Waals surface area contributed by atoms with Gasteiger partial charge in [-0.05, 0) is 24.6 Å². The smallest absolute Gasteiger partial charge is 0.153 e. The van der Waals surface area contributed by atoms with E-state index in [9.17, 15) is 4.79 Å². The number of aryl methyl sites for hydroxylation is 1. The van der Waals surface area contributed by atoms with Crippen LogP contribution in [0, 0.1) is 6.92 Å². The summed E-state index contributed by atoms with van der Waals surface area (Å²) in [6.07, 6.45) is 4.01. The molecule has 0 unspecified atom stereocenters. The Morgan fingerprint density at radius 3 is 2.94 bits per heavy atom. The van der Waals surface area contributed by atoms with Gasteiger partial charge in [0.15, 0.2) is 6.29 Å². The molecule has 2 rings (SSSR count). The predicted octanol–water partition coefficient (Wildman–Crippen LogP) is 3.43. The van der Waals surface area contributed by atoms with Crippen LogP contribution in [0.15, 0.2) is 36.7 Å². The van der Waals surface area contributed by atoms with E-state index in [2.05, 4.69) is 4.98 Å². The van der Waals surface area contributed by atoms with Gasteiger partial charge < -0.3 is 4.74 Å². The molecule has 92 valence electrons. The Bertz CT molecular complexity index is 569. The zero-order valence-corrected chi connectivity index (χ0v) is 10.6. The minimum Gasteiger partial charge on any atom is -0.488 e. The van der Waals surface area contributed by atoms with E-state index in [0.717, 1.165) is 17.4 Å². The van der Waals surface area contributed by atoms with E-state index in [1.54, 1.807) is 24.5 Å². The number of hydrogen-bond donors (Lipinski definition) is 0. The van der Waals surface area contributed by atoms with Gasteiger partial charge in [0.05, 0.1) is 10.6 Å². The zero-order chi connectivity index (χ0) is 13.0. The van der Waals surface area contributed by atoms with Crippen LogP contribution >= 0.6 is 11.6 Å². The van der Waals surface area contributed by atoms with Crippen molar-refractivity contribution in [3.63, 3.8) is 0 Å². The van der Waals surface area contributed by atoms with Crippen molar-refractivity contribution < 1.29 is 9.53 Å². The molecule has 1 aromatic carbocycles. The molecule has 3 nitrogen and oxygen atoms in total. The Kier molecular flexibility index (Phi) is 3.95. The number of halogens is 1. The number of nitrogens with zero attached hydrogens (tertiary/aromatic N) is 1. The monoisotopic (exact) mass is 261 g/mol. The van der Waals surface area contributed by atoms with Gasteiger partial charge in [-0.15, -0.1) is 0 Å². The topological polar surface area (TPSA) is 39.2 Å². The van der Waals surface area contributed by atoms with Crippen LogP contribution in [-0.4, -0.2) is 11.3 Å². The van der Waals surface area contributed by atoms with Gasteiger partial charge in [-0.1, -0.05) is 23.7 Å². The summed E-state index contributed by atoms with van der Waals surface area (Å²) < 4.78 is 5.68. The SMILES string of the molecule is Cc1cccc(C=O)c1OCc1ccncc1Cl. The molecule has 1 heterocycles. The lowest BCUT2D eigenvalue weighted by atomic mass is 10.1. The first-order valence-electron chi connectivity index (χ1n) is 5.48. The molecule has 2 aromatic rings. The molecular formula is C14H12ClNO2. The predicted molar refractivity (Wildman–Crippen MR) is 70.1 cm³/mol. The van der Waals surface area contributed by atoms with E-state index < -0.39 is 0 Å². The average Bonchev–Trinajstić information content (AvgIpc) is 2.39. The molecule has 1 aromatic heterocycles. The minimum absolute atomic E-state index is 0.313. The zero-order valence-electron chi connectivity index (χ0n) is 9.89. The van der Waals surface area contributed by atoms with Gasteiger partial charge in [-0.2, -0.15) is 0 Å².